The van der Waals surface area contributed by atoms with Crippen LogP contribution in [0.15, 0.2) is 18.2 Å². The second kappa shape index (κ2) is 6.46. The molecule has 1 aromatic carbocycles. The van der Waals surface area contributed by atoms with Crippen LogP contribution in [0.1, 0.15) is 30.6 Å². The van der Waals surface area contributed by atoms with Gasteiger partial charge in [-0.1, -0.05) is 11.6 Å². The van der Waals surface area contributed by atoms with Crippen molar-refractivity contribution in [1.29, 1.82) is 0 Å². The summed E-state index contributed by atoms with van der Waals surface area (Å²) in [6.07, 6.45) is 1.13. The molecule has 1 aliphatic heterocycles. The Morgan fingerprint density at radius 2 is 2.30 bits per heavy atom. The minimum absolute atomic E-state index is 0.145. The third-order valence-electron chi connectivity index (χ3n) is 3.86. The van der Waals surface area contributed by atoms with Crippen molar-refractivity contribution in [3.63, 3.8) is 0 Å². The van der Waals surface area contributed by atoms with Gasteiger partial charge in [0.25, 0.3) is 5.91 Å². The quantitative estimate of drug-likeness (QED) is 0.839. The molecule has 1 aromatic rings. The van der Waals surface area contributed by atoms with Crippen LogP contribution < -0.4 is 11.1 Å². The van der Waals surface area contributed by atoms with Crippen molar-refractivity contribution in [3.8, 4) is 0 Å². The van der Waals surface area contributed by atoms with Gasteiger partial charge >= 0.3 is 0 Å². The van der Waals surface area contributed by atoms with E-state index in [9.17, 15) is 4.79 Å². The summed E-state index contributed by atoms with van der Waals surface area (Å²) < 4.78 is 0. The zero-order chi connectivity index (χ0) is 14.7. The lowest BCUT2D eigenvalue weighted by atomic mass is 10.1. The molecule has 110 valence electrons. The van der Waals surface area contributed by atoms with Crippen molar-refractivity contribution in [1.82, 2.24) is 10.2 Å². The highest BCUT2D eigenvalue weighted by atomic mass is 35.5. The number of nitrogens with one attached hydrogen (secondary N) is 1. The topological polar surface area (TPSA) is 58.4 Å². The van der Waals surface area contributed by atoms with E-state index in [2.05, 4.69) is 24.1 Å². The second-order valence-electron chi connectivity index (χ2n) is 5.68. The maximum atomic E-state index is 12.1. The fourth-order valence-corrected chi connectivity index (χ4v) is 2.73. The molecule has 1 saturated heterocycles. The normalized spacial score (nSPS) is 19.5. The van der Waals surface area contributed by atoms with Crippen molar-refractivity contribution in [3.05, 3.63) is 28.8 Å². The molecule has 0 bridgehead atoms. The number of hydrogen-bond acceptors (Lipinski definition) is 3. The van der Waals surface area contributed by atoms with Gasteiger partial charge < -0.3 is 16.0 Å². The first-order valence-electron chi connectivity index (χ1n) is 7.04. The van der Waals surface area contributed by atoms with Crippen LogP contribution in [-0.4, -0.2) is 36.5 Å². The summed E-state index contributed by atoms with van der Waals surface area (Å²) in [4.78, 5) is 14.6. The largest absolute Gasteiger partial charge is 0.398 e. The molecule has 2 rings (SSSR count). The first kappa shape index (κ1) is 15.1. The van der Waals surface area contributed by atoms with E-state index in [1.54, 1.807) is 18.2 Å². The van der Waals surface area contributed by atoms with Crippen molar-refractivity contribution < 1.29 is 4.79 Å². The molecule has 1 unspecified atom stereocenters. The Kier molecular flexibility index (Phi) is 4.89. The van der Waals surface area contributed by atoms with Crippen molar-refractivity contribution in [2.75, 3.05) is 25.4 Å². The highest BCUT2D eigenvalue weighted by Crippen LogP contribution is 2.20. The molecule has 0 saturated carbocycles. The first-order chi connectivity index (χ1) is 9.47. The van der Waals surface area contributed by atoms with Crippen LogP contribution >= 0.6 is 11.6 Å². The average molecular weight is 296 g/mol. The Bertz CT molecular complexity index is 490. The fourth-order valence-electron chi connectivity index (χ4n) is 2.56. The maximum absolute atomic E-state index is 12.1. The first-order valence-corrected chi connectivity index (χ1v) is 7.42. The molecular weight excluding hydrogens is 274 g/mol. The summed E-state index contributed by atoms with van der Waals surface area (Å²) in [5.41, 5.74) is 6.72. The smallest absolute Gasteiger partial charge is 0.253 e. The standard InChI is InChI=1S/C15H22ClN3O/c1-10(2)19-6-5-11(9-19)8-18-15(20)13-7-12(16)3-4-14(13)17/h3-4,7,10-11H,5-6,8-9,17H2,1-2H3,(H,18,20). The summed E-state index contributed by atoms with van der Waals surface area (Å²) in [6, 6.07) is 5.53. The third-order valence-corrected chi connectivity index (χ3v) is 4.09. The minimum Gasteiger partial charge on any atom is -0.398 e. The van der Waals surface area contributed by atoms with E-state index >= 15 is 0 Å². The fraction of sp³-hybridized carbons (Fsp3) is 0.533. The molecule has 1 heterocycles. The van der Waals surface area contributed by atoms with Crippen molar-refractivity contribution in [2.24, 2.45) is 5.92 Å². The van der Waals surface area contributed by atoms with Gasteiger partial charge in [-0.25, -0.2) is 0 Å². The summed E-state index contributed by atoms with van der Waals surface area (Å²) in [7, 11) is 0. The van der Waals surface area contributed by atoms with Gasteiger partial charge in [0, 0.05) is 29.8 Å². The molecule has 1 aliphatic rings. The van der Waals surface area contributed by atoms with Gasteiger partial charge in [-0.2, -0.15) is 0 Å². The minimum atomic E-state index is -0.145. The number of anilines is 1. The number of amides is 1. The van der Waals surface area contributed by atoms with Gasteiger partial charge in [-0.15, -0.1) is 0 Å². The predicted molar refractivity (Wildman–Crippen MR) is 83.0 cm³/mol. The summed E-state index contributed by atoms with van der Waals surface area (Å²) in [6.45, 7) is 7.25. The van der Waals surface area contributed by atoms with Crippen LogP contribution in [0.4, 0.5) is 5.69 Å². The molecule has 4 nitrogen and oxygen atoms in total. The maximum Gasteiger partial charge on any atom is 0.253 e. The van der Waals surface area contributed by atoms with Crippen molar-refractivity contribution >= 4 is 23.2 Å². The van der Waals surface area contributed by atoms with Crippen LogP contribution in [0.3, 0.4) is 0 Å². The number of benzene rings is 1. The molecule has 0 aliphatic carbocycles. The van der Waals surface area contributed by atoms with Crippen LogP contribution in [0.25, 0.3) is 0 Å². The highest BCUT2D eigenvalue weighted by Gasteiger charge is 2.24. The molecule has 5 heteroatoms. The van der Waals surface area contributed by atoms with Crippen LogP contribution in [-0.2, 0) is 0 Å². The van der Waals surface area contributed by atoms with Gasteiger partial charge in [0.2, 0.25) is 0 Å². The van der Waals surface area contributed by atoms with Crippen molar-refractivity contribution in [2.45, 2.75) is 26.3 Å². The molecule has 1 atom stereocenters. The highest BCUT2D eigenvalue weighted by molar-refractivity contribution is 6.31. The average Bonchev–Trinajstić information content (AvgIpc) is 2.88. The Morgan fingerprint density at radius 1 is 1.55 bits per heavy atom. The number of carbonyl (C=O) groups is 1. The number of nitrogens with zero attached hydrogens (tertiary/aromatic N) is 1. The lowest BCUT2D eigenvalue weighted by Gasteiger charge is -2.20. The zero-order valence-corrected chi connectivity index (χ0v) is 12.8. The lowest BCUT2D eigenvalue weighted by Crippen LogP contribution is -2.33. The molecule has 20 heavy (non-hydrogen) atoms. The molecule has 1 fully saturated rings. The van der Waals surface area contributed by atoms with Crippen LogP contribution in [0.2, 0.25) is 5.02 Å². The van der Waals surface area contributed by atoms with E-state index in [-0.39, 0.29) is 5.91 Å². The Hall–Kier alpha value is -1.26. The van der Waals surface area contributed by atoms with E-state index in [1.165, 1.54) is 0 Å². The van der Waals surface area contributed by atoms with E-state index in [0.29, 0.717) is 34.8 Å². The molecule has 1 amide bonds. The second-order valence-corrected chi connectivity index (χ2v) is 6.12. The Labute approximate surface area is 125 Å². The molecular formula is C15H22ClN3O. The van der Waals surface area contributed by atoms with Crippen LogP contribution in [0.5, 0.6) is 0 Å². The molecule has 0 spiro atoms. The van der Waals surface area contributed by atoms with E-state index in [0.717, 1.165) is 19.5 Å². The summed E-state index contributed by atoms with van der Waals surface area (Å²) >= 11 is 5.90. The number of nitrogen functional groups attached to an aromatic ring is 1. The van der Waals surface area contributed by atoms with E-state index < -0.39 is 0 Å². The SMILES string of the molecule is CC(C)N1CCC(CNC(=O)c2cc(Cl)ccc2N)C1. The van der Waals surface area contributed by atoms with E-state index in [4.69, 9.17) is 17.3 Å². The number of nitrogens with two attached hydrogens (primary N) is 1. The lowest BCUT2D eigenvalue weighted by molar-refractivity contribution is 0.0948. The molecule has 0 aromatic heterocycles. The molecule has 0 radical (unpaired) electrons. The number of carbonyl (C=O) groups excluding carboxylic acids is 1. The van der Waals surface area contributed by atoms with E-state index in [1.807, 2.05) is 0 Å². The number of rotatable bonds is 4. The zero-order valence-electron chi connectivity index (χ0n) is 12.0. The van der Waals surface area contributed by atoms with Gasteiger partial charge in [-0.3, -0.25) is 4.79 Å². The summed E-state index contributed by atoms with van der Waals surface area (Å²) in [5, 5.41) is 3.49. The monoisotopic (exact) mass is 295 g/mol. The van der Waals surface area contributed by atoms with Gasteiger partial charge in [0.15, 0.2) is 0 Å². The Balaban J connectivity index is 1.88. The summed E-state index contributed by atoms with van der Waals surface area (Å²) in [5.74, 6) is 0.370. The number of halogens is 1. The number of hydrogen-bond donors (Lipinski definition) is 2. The van der Waals surface area contributed by atoms with Gasteiger partial charge in [0.1, 0.15) is 0 Å². The third kappa shape index (κ3) is 3.64. The molecule has 3 N–H and O–H groups in total. The predicted octanol–water partition coefficient (Wildman–Crippen LogP) is 2.38. The van der Waals surface area contributed by atoms with Crippen LogP contribution in [0, 0.1) is 5.92 Å². The van der Waals surface area contributed by atoms with Gasteiger partial charge in [0.05, 0.1) is 5.56 Å². The number of likely N-dealkylation sites (tertiary alicyclic amines) is 1. The Morgan fingerprint density at radius 3 is 2.95 bits per heavy atom. The van der Waals surface area contributed by atoms with Gasteiger partial charge in [-0.05, 0) is 50.9 Å².